The van der Waals surface area contributed by atoms with Crippen LogP contribution in [-0.4, -0.2) is 23.4 Å². The maximum Gasteiger partial charge on any atom is 0.240 e. The SMILES string of the molecule is CCC(C)N(CC)C(=O)C(C#N)Cc1ccccc1. The van der Waals surface area contributed by atoms with Gasteiger partial charge in [-0.05, 0) is 32.3 Å². The highest BCUT2D eigenvalue weighted by Crippen LogP contribution is 2.14. The fourth-order valence-corrected chi connectivity index (χ4v) is 2.14. The molecule has 0 N–H and O–H groups in total. The van der Waals surface area contributed by atoms with Gasteiger partial charge in [0.2, 0.25) is 5.91 Å². The molecule has 3 heteroatoms. The molecule has 0 saturated heterocycles. The number of rotatable bonds is 6. The summed E-state index contributed by atoms with van der Waals surface area (Å²) >= 11 is 0. The van der Waals surface area contributed by atoms with Crippen molar-refractivity contribution in [2.75, 3.05) is 6.54 Å². The molecule has 102 valence electrons. The summed E-state index contributed by atoms with van der Waals surface area (Å²) in [5.74, 6) is -0.639. The van der Waals surface area contributed by atoms with Gasteiger partial charge in [-0.2, -0.15) is 5.26 Å². The van der Waals surface area contributed by atoms with Gasteiger partial charge in [0.1, 0.15) is 5.92 Å². The lowest BCUT2D eigenvalue weighted by Gasteiger charge is -2.29. The molecule has 3 nitrogen and oxygen atoms in total. The third-order valence-electron chi connectivity index (χ3n) is 3.48. The lowest BCUT2D eigenvalue weighted by molar-refractivity contribution is -0.135. The molecular formula is C16H22N2O. The molecule has 0 aliphatic carbocycles. The summed E-state index contributed by atoms with van der Waals surface area (Å²) in [6, 6.07) is 12.0. The lowest BCUT2D eigenvalue weighted by atomic mass is 9.98. The minimum atomic E-state index is -0.587. The molecule has 19 heavy (non-hydrogen) atoms. The monoisotopic (exact) mass is 258 g/mol. The van der Waals surface area contributed by atoms with Gasteiger partial charge in [0, 0.05) is 12.6 Å². The molecule has 0 aliphatic rings. The predicted octanol–water partition coefficient (Wildman–Crippen LogP) is 3.02. The Bertz CT molecular complexity index is 436. The van der Waals surface area contributed by atoms with Crippen LogP contribution in [0.25, 0.3) is 0 Å². The van der Waals surface area contributed by atoms with Crippen molar-refractivity contribution < 1.29 is 4.79 Å². The van der Waals surface area contributed by atoms with E-state index in [1.807, 2.05) is 44.2 Å². The molecule has 0 saturated carbocycles. The number of nitriles is 1. The first-order valence-corrected chi connectivity index (χ1v) is 6.88. The quantitative estimate of drug-likeness (QED) is 0.787. The second-order valence-electron chi connectivity index (χ2n) is 4.75. The number of carbonyl (C=O) groups excluding carboxylic acids is 1. The summed E-state index contributed by atoms with van der Waals surface area (Å²) < 4.78 is 0. The largest absolute Gasteiger partial charge is 0.339 e. The van der Waals surface area contributed by atoms with Gasteiger partial charge in [-0.3, -0.25) is 4.79 Å². The Morgan fingerprint density at radius 2 is 1.95 bits per heavy atom. The molecule has 2 unspecified atom stereocenters. The Balaban J connectivity index is 2.79. The molecule has 1 amide bonds. The van der Waals surface area contributed by atoms with Gasteiger partial charge in [-0.1, -0.05) is 37.3 Å². The third-order valence-corrected chi connectivity index (χ3v) is 3.48. The van der Waals surface area contributed by atoms with Crippen molar-refractivity contribution in [2.45, 2.75) is 39.7 Å². The van der Waals surface area contributed by atoms with E-state index in [1.165, 1.54) is 0 Å². The van der Waals surface area contributed by atoms with Crippen molar-refractivity contribution in [3.63, 3.8) is 0 Å². The van der Waals surface area contributed by atoms with Crippen LogP contribution in [0.5, 0.6) is 0 Å². The van der Waals surface area contributed by atoms with Crippen LogP contribution in [0.4, 0.5) is 0 Å². The highest BCUT2D eigenvalue weighted by Gasteiger charge is 2.26. The third kappa shape index (κ3) is 4.10. The summed E-state index contributed by atoms with van der Waals surface area (Å²) in [6.45, 7) is 6.69. The van der Waals surface area contributed by atoms with Gasteiger partial charge in [-0.15, -0.1) is 0 Å². The predicted molar refractivity (Wildman–Crippen MR) is 76.4 cm³/mol. The van der Waals surface area contributed by atoms with Crippen LogP contribution in [-0.2, 0) is 11.2 Å². The highest BCUT2D eigenvalue weighted by atomic mass is 16.2. The second-order valence-corrected chi connectivity index (χ2v) is 4.75. The standard InChI is InChI=1S/C16H22N2O/c1-4-13(3)18(5-2)16(19)15(12-17)11-14-9-7-6-8-10-14/h6-10,13,15H,4-5,11H2,1-3H3. The zero-order valence-corrected chi connectivity index (χ0v) is 12.0. The average Bonchev–Trinajstić information content (AvgIpc) is 2.46. The molecule has 1 rings (SSSR count). The number of hydrogen-bond donors (Lipinski definition) is 0. The molecule has 0 aromatic heterocycles. The van der Waals surface area contributed by atoms with E-state index < -0.39 is 5.92 Å². The summed E-state index contributed by atoms with van der Waals surface area (Å²) in [5, 5.41) is 9.26. The van der Waals surface area contributed by atoms with Crippen molar-refractivity contribution in [3.8, 4) is 6.07 Å². The van der Waals surface area contributed by atoms with E-state index in [4.69, 9.17) is 0 Å². The molecule has 0 aliphatic heterocycles. The van der Waals surface area contributed by atoms with Crippen molar-refractivity contribution in [3.05, 3.63) is 35.9 Å². The minimum absolute atomic E-state index is 0.0526. The first-order chi connectivity index (χ1) is 9.13. The van der Waals surface area contributed by atoms with E-state index in [9.17, 15) is 10.1 Å². The molecule has 1 aromatic carbocycles. The van der Waals surface area contributed by atoms with E-state index in [0.29, 0.717) is 13.0 Å². The fraction of sp³-hybridized carbons (Fsp3) is 0.500. The van der Waals surface area contributed by atoms with Gasteiger partial charge >= 0.3 is 0 Å². The second kappa shape index (κ2) is 7.58. The van der Waals surface area contributed by atoms with Gasteiger partial charge in [0.25, 0.3) is 0 Å². The van der Waals surface area contributed by atoms with Crippen molar-refractivity contribution in [1.82, 2.24) is 4.90 Å². The van der Waals surface area contributed by atoms with Crippen LogP contribution in [0.2, 0.25) is 0 Å². The summed E-state index contributed by atoms with van der Waals surface area (Å²) in [4.78, 5) is 14.2. The van der Waals surface area contributed by atoms with Crippen LogP contribution in [0.3, 0.4) is 0 Å². The van der Waals surface area contributed by atoms with E-state index in [1.54, 1.807) is 4.90 Å². The Morgan fingerprint density at radius 1 is 1.32 bits per heavy atom. The minimum Gasteiger partial charge on any atom is -0.339 e. The van der Waals surface area contributed by atoms with E-state index >= 15 is 0 Å². The van der Waals surface area contributed by atoms with Crippen LogP contribution >= 0.6 is 0 Å². The topological polar surface area (TPSA) is 44.1 Å². The first kappa shape index (κ1) is 15.2. The molecule has 0 spiro atoms. The molecular weight excluding hydrogens is 236 g/mol. The molecule has 0 radical (unpaired) electrons. The Morgan fingerprint density at radius 3 is 2.42 bits per heavy atom. The lowest BCUT2D eigenvalue weighted by Crippen LogP contribution is -2.42. The van der Waals surface area contributed by atoms with Crippen molar-refractivity contribution in [2.24, 2.45) is 5.92 Å². The van der Waals surface area contributed by atoms with E-state index in [-0.39, 0.29) is 11.9 Å². The summed E-state index contributed by atoms with van der Waals surface area (Å²) in [6.07, 6.45) is 1.40. The smallest absolute Gasteiger partial charge is 0.240 e. The summed E-state index contributed by atoms with van der Waals surface area (Å²) in [7, 11) is 0. The zero-order chi connectivity index (χ0) is 14.3. The zero-order valence-electron chi connectivity index (χ0n) is 12.0. The van der Waals surface area contributed by atoms with Crippen LogP contribution in [0.15, 0.2) is 30.3 Å². The highest BCUT2D eigenvalue weighted by molar-refractivity contribution is 5.81. The fourth-order valence-electron chi connectivity index (χ4n) is 2.14. The Labute approximate surface area is 115 Å². The van der Waals surface area contributed by atoms with Crippen LogP contribution < -0.4 is 0 Å². The molecule has 0 heterocycles. The Hall–Kier alpha value is -1.82. The number of benzene rings is 1. The van der Waals surface area contributed by atoms with Gasteiger partial charge in [0.05, 0.1) is 6.07 Å². The number of hydrogen-bond acceptors (Lipinski definition) is 2. The molecule has 2 atom stereocenters. The maximum atomic E-state index is 12.4. The maximum absolute atomic E-state index is 12.4. The number of carbonyl (C=O) groups is 1. The molecule has 0 bridgehead atoms. The van der Waals surface area contributed by atoms with Crippen LogP contribution in [0.1, 0.15) is 32.8 Å². The van der Waals surface area contributed by atoms with E-state index in [2.05, 4.69) is 13.0 Å². The van der Waals surface area contributed by atoms with Crippen LogP contribution in [0, 0.1) is 17.2 Å². The van der Waals surface area contributed by atoms with Gasteiger partial charge < -0.3 is 4.90 Å². The van der Waals surface area contributed by atoms with Crippen molar-refractivity contribution >= 4 is 5.91 Å². The molecule has 1 aromatic rings. The summed E-state index contributed by atoms with van der Waals surface area (Å²) in [5.41, 5.74) is 1.03. The Kier molecular flexibility index (Phi) is 6.08. The van der Waals surface area contributed by atoms with Gasteiger partial charge in [-0.25, -0.2) is 0 Å². The van der Waals surface area contributed by atoms with Crippen molar-refractivity contribution in [1.29, 1.82) is 5.26 Å². The first-order valence-electron chi connectivity index (χ1n) is 6.88. The van der Waals surface area contributed by atoms with E-state index in [0.717, 1.165) is 12.0 Å². The number of amides is 1. The number of nitrogens with zero attached hydrogens (tertiary/aromatic N) is 2. The average molecular weight is 258 g/mol. The normalized spacial score (nSPS) is 13.4. The van der Waals surface area contributed by atoms with Gasteiger partial charge in [0.15, 0.2) is 0 Å². The molecule has 0 fully saturated rings.